The molecule has 6 nitrogen and oxygen atoms in total. The van der Waals surface area contributed by atoms with E-state index in [1.807, 2.05) is 12.1 Å². The van der Waals surface area contributed by atoms with Gasteiger partial charge in [0.05, 0.1) is 14.2 Å². The molecular weight excluding hydrogens is 306 g/mol. The molecule has 0 radical (unpaired) electrons. The molecule has 2 rings (SSSR count). The standard InChI is InChI=1S/C15H21NO5S/c1-10(22(4,18)19)15(17)16-6-5-11-7-13(20-2)14(21-3)8-12(11)9-16/h7-8,10H,5-6,9H2,1-4H3. The molecule has 0 saturated carbocycles. The van der Waals surface area contributed by atoms with E-state index in [1.54, 1.807) is 19.1 Å². The van der Waals surface area contributed by atoms with Gasteiger partial charge in [0.25, 0.3) is 0 Å². The Morgan fingerprint density at radius 2 is 1.73 bits per heavy atom. The summed E-state index contributed by atoms with van der Waals surface area (Å²) in [5, 5.41) is -1.02. The van der Waals surface area contributed by atoms with Crippen LogP contribution in [0.25, 0.3) is 0 Å². The molecule has 1 aliphatic heterocycles. The van der Waals surface area contributed by atoms with E-state index in [9.17, 15) is 13.2 Å². The van der Waals surface area contributed by atoms with Crippen LogP contribution in [0.2, 0.25) is 0 Å². The second-order valence-corrected chi connectivity index (χ2v) is 7.82. The Morgan fingerprint density at radius 1 is 1.18 bits per heavy atom. The monoisotopic (exact) mass is 327 g/mol. The Bertz CT molecular complexity index is 683. The van der Waals surface area contributed by atoms with Crippen molar-refractivity contribution in [2.45, 2.75) is 25.1 Å². The lowest BCUT2D eigenvalue weighted by molar-refractivity contribution is -0.131. The topological polar surface area (TPSA) is 72.9 Å². The van der Waals surface area contributed by atoms with Gasteiger partial charge >= 0.3 is 0 Å². The lowest BCUT2D eigenvalue weighted by Crippen LogP contribution is -2.43. The summed E-state index contributed by atoms with van der Waals surface area (Å²) >= 11 is 0. The van der Waals surface area contributed by atoms with Crippen LogP contribution in [0.3, 0.4) is 0 Å². The minimum absolute atomic E-state index is 0.358. The van der Waals surface area contributed by atoms with Gasteiger partial charge in [-0.15, -0.1) is 0 Å². The first-order valence-corrected chi connectivity index (χ1v) is 8.94. The van der Waals surface area contributed by atoms with Gasteiger partial charge < -0.3 is 14.4 Å². The summed E-state index contributed by atoms with van der Waals surface area (Å²) in [5.41, 5.74) is 2.05. The summed E-state index contributed by atoms with van der Waals surface area (Å²) in [4.78, 5) is 13.9. The summed E-state index contributed by atoms with van der Waals surface area (Å²) in [6, 6.07) is 3.76. The number of fused-ring (bicyclic) bond motifs is 1. The molecule has 1 atom stereocenters. The molecule has 1 unspecified atom stereocenters. The first-order valence-electron chi connectivity index (χ1n) is 6.99. The van der Waals surface area contributed by atoms with Crippen LogP contribution in [0.1, 0.15) is 18.1 Å². The molecule has 0 fully saturated rings. The Balaban J connectivity index is 2.26. The first-order chi connectivity index (χ1) is 10.3. The number of amides is 1. The number of rotatable bonds is 4. The summed E-state index contributed by atoms with van der Waals surface area (Å²) in [5.74, 6) is 0.903. The molecule has 0 saturated heterocycles. The Labute approximate surface area is 130 Å². The van der Waals surface area contributed by atoms with Gasteiger partial charge in [-0.1, -0.05) is 0 Å². The van der Waals surface area contributed by atoms with Gasteiger partial charge in [-0.3, -0.25) is 4.79 Å². The predicted molar refractivity (Wildman–Crippen MR) is 83.0 cm³/mol. The zero-order valence-corrected chi connectivity index (χ0v) is 14.1. The molecule has 1 aromatic carbocycles. The zero-order valence-electron chi connectivity index (χ0n) is 13.3. The molecule has 122 valence electrons. The number of carbonyl (C=O) groups is 1. The number of benzene rings is 1. The highest BCUT2D eigenvalue weighted by molar-refractivity contribution is 7.92. The molecule has 22 heavy (non-hydrogen) atoms. The molecule has 0 bridgehead atoms. The van der Waals surface area contributed by atoms with E-state index < -0.39 is 15.1 Å². The Hall–Kier alpha value is -1.76. The van der Waals surface area contributed by atoms with Crippen LogP contribution >= 0.6 is 0 Å². The minimum atomic E-state index is -3.39. The fraction of sp³-hybridized carbons (Fsp3) is 0.533. The minimum Gasteiger partial charge on any atom is -0.493 e. The molecule has 1 heterocycles. The van der Waals surface area contributed by atoms with Gasteiger partial charge in [0, 0.05) is 19.3 Å². The lowest BCUT2D eigenvalue weighted by Gasteiger charge is -2.31. The molecule has 1 aromatic rings. The third-order valence-corrected chi connectivity index (χ3v) is 5.51. The summed E-state index contributed by atoms with van der Waals surface area (Å²) in [6.45, 7) is 2.32. The van der Waals surface area contributed by atoms with Crippen molar-refractivity contribution in [1.82, 2.24) is 4.90 Å². The normalized spacial score (nSPS) is 15.9. The zero-order chi connectivity index (χ0) is 16.5. The van der Waals surface area contributed by atoms with E-state index in [1.165, 1.54) is 6.92 Å². The average Bonchev–Trinajstić information content (AvgIpc) is 2.50. The van der Waals surface area contributed by atoms with Gasteiger partial charge in [0.15, 0.2) is 21.3 Å². The number of ether oxygens (including phenoxy) is 2. The van der Waals surface area contributed by atoms with Crippen molar-refractivity contribution in [3.05, 3.63) is 23.3 Å². The van der Waals surface area contributed by atoms with Crippen LogP contribution in [0.15, 0.2) is 12.1 Å². The molecule has 0 spiro atoms. The van der Waals surface area contributed by atoms with E-state index in [4.69, 9.17) is 9.47 Å². The van der Waals surface area contributed by atoms with E-state index >= 15 is 0 Å². The van der Waals surface area contributed by atoms with Gasteiger partial charge in [-0.2, -0.15) is 0 Å². The van der Waals surface area contributed by atoms with Crippen molar-refractivity contribution < 1.29 is 22.7 Å². The highest BCUT2D eigenvalue weighted by Gasteiger charge is 2.30. The third kappa shape index (κ3) is 3.19. The van der Waals surface area contributed by atoms with Crippen molar-refractivity contribution in [3.63, 3.8) is 0 Å². The number of sulfone groups is 1. The van der Waals surface area contributed by atoms with Crippen molar-refractivity contribution in [2.24, 2.45) is 0 Å². The summed E-state index contributed by atoms with van der Waals surface area (Å²) in [7, 11) is -0.251. The van der Waals surface area contributed by atoms with E-state index in [0.717, 1.165) is 17.4 Å². The average molecular weight is 327 g/mol. The molecule has 0 N–H and O–H groups in total. The summed E-state index contributed by atoms with van der Waals surface area (Å²) < 4.78 is 33.7. The lowest BCUT2D eigenvalue weighted by atomic mass is 9.98. The number of hydrogen-bond acceptors (Lipinski definition) is 5. The van der Waals surface area contributed by atoms with Crippen molar-refractivity contribution >= 4 is 15.7 Å². The maximum Gasteiger partial charge on any atom is 0.240 e. The number of hydrogen-bond donors (Lipinski definition) is 0. The molecule has 0 aromatic heterocycles. The number of methoxy groups -OCH3 is 2. The van der Waals surface area contributed by atoms with Crippen LogP contribution < -0.4 is 9.47 Å². The van der Waals surface area contributed by atoms with Crippen LogP contribution in [0.5, 0.6) is 11.5 Å². The van der Waals surface area contributed by atoms with Crippen LogP contribution in [-0.2, 0) is 27.6 Å². The van der Waals surface area contributed by atoms with E-state index in [0.29, 0.717) is 31.0 Å². The van der Waals surface area contributed by atoms with E-state index in [2.05, 4.69) is 0 Å². The highest BCUT2D eigenvalue weighted by atomic mass is 32.2. The molecule has 7 heteroatoms. The maximum atomic E-state index is 12.3. The van der Waals surface area contributed by atoms with Crippen molar-refractivity contribution in [1.29, 1.82) is 0 Å². The van der Waals surface area contributed by atoms with Gasteiger partial charge in [-0.05, 0) is 36.6 Å². The largest absolute Gasteiger partial charge is 0.493 e. The molecule has 1 amide bonds. The Kier molecular flexibility index (Phi) is 4.65. The molecule has 0 aliphatic carbocycles. The number of carbonyl (C=O) groups excluding carboxylic acids is 1. The predicted octanol–water partition coefficient (Wildman–Crippen LogP) is 1.02. The SMILES string of the molecule is COc1cc2c(cc1OC)CN(C(=O)C(C)S(C)(=O)=O)CC2. The second kappa shape index (κ2) is 6.16. The molecular formula is C15H21NO5S. The molecule has 1 aliphatic rings. The fourth-order valence-corrected chi connectivity index (χ4v) is 3.03. The van der Waals surface area contributed by atoms with Gasteiger partial charge in [0.2, 0.25) is 5.91 Å². The Morgan fingerprint density at radius 3 is 2.23 bits per heavy atom. The van der Waals surface area contributed by atoms with Crippen LogP contribution in [-0.4, -0.2) is 51.5 Å². The summed E-state index contributed by atoms with van der Waals surface area (Å²) in [6.07, 6.45) is 1.75. The second-order valence-electron chi connectivity index (χ2n) is 5.46. The van der Waals surface area contributed by atoms with Crippen molar-refractivity contribution in [3.8, 4) is 11.5 Å². The number of nitrogens with zero attached hydrogens (tertiary/aromatic N) is 1. The van der Waals surface area contributed by atoms with Crippen LogP contribution in [0.4, 0.5) is 0 Å². The van der Waals surface area contributed by atoms with Gasteiger partial charge in [0.1, 0.15) is 5.25 Å². The fourth-order valence-electron chi connectivity index (χ4n) is 2.51. The van der Waals surface area contributed by atoms with Crippen LogP contribution in [0, 0.1) is 0 Å². The van der Waals surface area contributed by atoms with Gasteiger partial charge in [-0.25, -0.2) is 8.42 Å². The third-order valence-electron chi connectivity index (χ3n) is 4.02. The highest BCUT2D eigenvalue weighted by Crippen LogP contribution is 2.33. The first kappa shape index (κ1) is 16.6. The smallest absolute Gasteiger partial charge is 0.240 e. The maximum absolute atomic E-state index is 12.3. The van der Waals surface area contributed by atoms with Crippen molar-refractivity contribution in [2.75, 3.05) is 27.0 Å². The van der Waals surface area contributed by atoms with E-state index in [-0.39, 0.29) is 5.91 Å². The quantitative estimate of drug-likeness (QED) is 0.825.